The predicted molar refractivity (Wildman–Crippen MR) is 140 cm³/mol. The van der Waals surface area contributed by atoms with Crippen molar-refractivity contribution in [2.75, 3.05) is 40.4 Å². The lowest BCUT2D eigenvalue weighted by molar-refractivity contribution is 0.0618. The fourth-order valence-corrected chi connectivity index (χ4v) is 4.70. The van der Waals surface area contributed by atoms with E-state index in [0.717, 1.165) is 12.8 Å². The lowest BCUT2D eigenvalue weighted by Crippen LogP contribution is -2.48. The van der Waals surface area contributed by atoms with Crippen LogP contribution in [-0.2, 0) is 13.0 Å². The monoisotopic (exact) mass is 524 g/mol. The lowest BCUT2D eigenvalue weighted by atomic mass is 9.95. The van der Waals surface area contributed by atoms with Gasteiger partial charge in [-0.05, 0) is 37.1 Å². The number of aromatic hydroxyl groups is 2. The minimum atomic E-state index is -0.534. The maximum absolute atomic E-state index is 14.0. The minimum absolute atomic E-state index is 0.266. The zero-order valence-electron chi connectivity index (χ0n) is 21.9. The topological polar surface area (TPSA) is 108 Å². The third kappa shape index (κ3) is 5.50. The molecule has 0 spiro atoms. The summed E-state index contributed by atoms with van der Waals surface area (Å²) in [5.41, 5.74) is 1.30. The fourth-order valence-electron chi connectivity index (χ4n) is 4.70. The number of methoxy groups -OCH3 is 2. The second-order valence-electron chi connectivity index (χ2n) is 9.12. The number of hydrogen-bond donors (Lipinski definition) is 2. The first-order valence-corrected chi connectivity index (χ1v) is 12.7. The molecule has 3 heterocycles. The summed E-state index contributed by atoms with van der Waals surface area (Å²) in [6, 6.07) is 8.15. The Kier molecular flexibility index (Phi) is 8.62. The van der Waals surface area contributed by atoms with Crippen molar-refractivity contribution in [3.63, 3.8) is 0 Å². The standard InChI is InChI=1S/C28H33FN4O5/c1-4-5-9-19-23(24-21(37-2)10-6-11-22(24)38-3)26(34)25(27(35)31-19)28(36)33-15-13-32(14-16-33)17-20-18(29)8-7-12-30-20/h6-8,10-12H,4-5,9,13-17H2,1-3H3,(H2,31,34,35). The van der Waals surface area contributed by atoms with Crippen LogP contribution in [0.15, 0.2) is 36.5 Å². The number of ether oxygens (including phenoxy) is 2. The van der Waals surface area contributed by atoms with Crippen molar-refractivity contribution in [2.24, 2.45) is 0 Å². The van der Waals surface area contributed by atoms with Gasteiger partial charge in [-0.2, -0.15) is 0 Å². The van der Waals surface area contributed by atoms with Crippen LogP contribution in [0.1, 0.15) is 41.5 Å². The molecular weight excluding hydrogens is 491 g/mol. The Balaban J connectivity index is 1.66. The van der Waals surface area contributed by atoms with Crippen LogP contribution in [0.25, 0.3) is 11.1 Å². The smallest absolute Gasteiger partial charge is 0.263 e. The predicted octanol–water partition coefficient (Wildman–Crippen LogP) is 4.01. The van der Waals surface area contributed by atoms with Crippen LogP contribution in [0.2, 0.25) is 0 Å². The SMILES string of the molecule is CCCCc1nc(O)c(C(=O)N2CCN(Cc3ncccc3F)CC2)c(O)c1-c1c(OC)cccc1OC. The molecule has 0 saturated carbocycles. The molecule has 3 aromatic rings. The number of amides is 1. The van der Waals surface area contributed by atoms with Gasteiger partial charge < -0.3 is 24.6 Å². The first-order chi connectivity index (χ1) is 18.4. The summed E-state index contributed by atoms with van der Waals surface area (Å²) >= 11 is 0. The molecule has 2 N–H and O–H groups in total. The van der Waals surface area contributed by atoms with Crippen LogP contribution in [0.3, 0.4) is 0 Å². The minimum Gasteiger partial charge on any atom is -0.506 e. The van der Waals surface area contributed by atoms with E-state index in [1.54, 1.807) is 35.4 Å². The van der Waals surface area contributed by atoms with Gasteiger partial charge in [0.15, 0.2) is 0 Å². The number of piperazine rings is 1. The number of aryl methyl sites for hydroxylation is 1. The molecule has 10 heteroatoms. The van der Waals surface area contributed by atoms with E-state index < -0.39 is 11.8 Å². The number of benzene rings is 1. The van der Waals surface area contributed by atoms with Crippen molar-refractivity contribution in [1.29, 1.82) is 0 Å². The Labute approximate surface area is 221 Å². The van der Waals surface area contributed by atoms with Crippen LogP contribution in [0, 0.1) is 5.82 Å². The van der Waals surface area contributed by atoms with Gasteiger partial charge in [-0.15, -0.1) is 0 Å². The highest BCUT2D eigenvalue weighted by molar-refractivity contribution is 6.02. The molecule has 1 amide bonds. The number of aromatic nitrogens is 2. The first-order valence-electron chi connectivity index (χ1n) is 12.7. The van der Waals surface area contributed by atoms with Crippen LogP contribution in [0.4, 0.5) is 4.39 Å². The summed E-state index contributed by atoms with van der Waals surface area (Å²) < 4.78 is 25.1. The maximum Gasteiger partial charge on any atom is 0.263 e. The van der Waals surface area contributed by atoms with Gasteiger partial charge in [0, 0.05) is 38.9 Å². The van der Waals surface area contributed by atoms with E-state index in [1.807, 2.05) is 11.8 Å². The molecular formula is C28H33FN4O5. The molecule has 1 aromatic carbocycles. The van der Waals surface area contributed by atoms with Gasteiger partial charge in [0.2, 0.25) is 5.88 Å². The van der Waals surface area contributed by atoms with Crippen LogP contribution in [-0.4, -0.2) is 76.3 Å². The van der Waals surface area contributed by atoms with Crippen molar-refractivity contribution in [3.8, 4) is 34.3 Å². The van der Waals surface area contributed by atoms with Gasteiger partial charge in [-0.1, -0.05) is 19.4 Å². The Morgan fingerprint density at radius 2 is 1.68 bits per heavy atom. The van der Waals surface area contributed by atoms with Crippen molar-refractivity contribution in [2.45, 2.75) is 32.7 Å². The summed E-state index contributed by atoms with van der Waals surface area (Å²) in [5.74, 6) is -0.899. The number of halogens is 1. The Bertz CT molecular complexity index is 1270. The highest BCUT2D eigenvalue weighted by Crippen LogP contribution is 2.47. The molecule has 1 aliphatic rings. The molecule has 9 nitrogen and oxygen atoms in total. The van der Waals surface area contributed by atoms with E-state index in [2.05, 4.69) is 9.97 Å². The molecule has 0 aliphatic carbocycles. The fraction of sp³-hybridized carbons (Fsp3) is 0.393. The van der Waals surface area contributed by atoms with Crippen LogP contribution in [0.5, 0.6) is 23.1 Å². The Morgan fingerprint density at radius 1 is 1.00 bits per heavy atom. The van der Waals surface area contributed by atoms with E-state index in [4.69, 9.17) is 9.47 Å². The molecule has 1 fully saturated rings. The van der Waals surface area contributed by atoms with Crippen molar-refractivity contribution in [1.82, 2.24) is 19.8 Å². The normalized spacial score (nSPS) is 13.9. The van der Waals surface area contributed by atoms with Gasteiger partial charge >= 0.3 is 0 Å². The molecule has 38 heavy (non-hydrogen) atoms. The molecule has 1 aliphatic heterocycles. The van der Waals surface area contributed by atoms with Crippen molar-refractivity contribution < 1.29 is 28.9 Å². The van der Waals surface area contributed by atoms with Gasteiger partial charge in [0.25, 0.3) is 5.91 Å². The van der Waals surface area contributed by atoms with E-state index in [9.17, 15) is 19.4 Å². The quantitative estimate of drug-likeness (QED) is 0.432. The van der Waals surface area contributed by atoms with Gasteiger partial charge in [-0.25, -0.2) is 9.37 Å². The highest BCUT2D eigenvalue weighted by atomic mass is 19.1. The average Bonchev–Trinajstić information content (AvgIpc) is 2.93. The Hall–Kier alpha value is -3.92. The Morgan fingerprint density at radius 3 is 2.29 bits per heavy atom. The largest absolute Gasteiger partial charge is 0.506 e. The molecule has 0 bridgehead atoms. The number of hydrogen-bond acceptors (Lipinski definition) is 8. The van der Waals surface area contributed by atoms with Gasteiger partial charge in [-0.3, -0.25) is 14.7 Å². The number of pyridine rings is 2. The molecule has 4 rings (SSSR count). The molecule has 1 saturated heterocycles. The molecule has 0 unspecified atom stereocenters. The van der Waals surface area contributed by atoms with E-state index in [1.165, 1.54) is 20.3 Å². The number of nitrogens with zero attached hydrogens (tertiary/aromatic N) is 4. The van der Waals surface area contributed by atoms with Crippen LogP contribution < -0.4 is 9.47 Å². The first kappa shape index (κ1) is 27.1. The van der Waals surface area contributed by atoms with Gasteiger partial charge in [0.1, 0.15) is 28.6 Å². The number of carbonyl (C=O) groups is 1. The second kappa shape index (κ2) is 12.1. The summed E-state index contributed by atoms with van der Waals surface area (Å²) in [6.45, 7) is 3.99. The van der Waals surface area contributed by atoms with Crippen molar-refractivity contribution in [3.05, 3.63) is 59.3 Å². The average molecular weight is 525 g/mol. The summed E-state index contributed by atoms with van der Waals surface area (Å²) in [4.78, 5) is 25.6. The number of unbranched alkanes of at least 4 members (excludes halogenated alkanes) is 1. The van der Waals surface area contributed by atoms with Crippen molar-refractivity contribution >= 4 is 5.91 Å². The molecule has 2 aromatic heterocycles. The second-order valence-corrected chi connectivity index (χ2v) is 9.12. The lowest BCUT2D eigenvalue weighted by Gasteiger charge is -2.34. The maximum atomic E-state index is 14.0. The zero-order chi connectivity index (χ0) is 27.2. The zero-order valence-corrected chi connectivity index (χ0v) is 21.9. The van der Waals surface area contributed by atoms with Crippen LogP contribution >= 0.6 is 0 Å². The molecule has 202 valence electrons. The molecule has 0 radical (unpaired) electrons. The summed E-state index contributed by atoms with van der Waals surface area (Å²) in [7, 11) is 3.02. The highest BCUT2D eigenvalue weighted by Gasteiger charge is 2.32. The number of rotatable bonds is 9. The van der Waals surface area contributed by atoms with E-state index in [0.29, 0.717) is 73.2 Å². The number of carbonyl (C=O) groups excluding carboxylic acids is 1. The summed E-state index contributed by atoms with van der Waals surface area (Å²) in [6.07, 6.45) is 3.67. The van der Waals surface area contributed by atoms with E-state index in [-0.39, 0.29) is 17.1 Å². The third-order valence-corrected chi connectivity index (χ3v) is 6.75. The third-order valence-electron chi connectivity index (χ3n) is 6.75. The van der Waals surface area contributed by atoms with E-state index >= 15 is 0 Å². The summed E-state index contributed by atoms with van der Waals surface area (Å²) in [5, 5.41) is 22.3. The molecule has 0 atom stereocenters. The van der Waals surface area contributed by atoms with Gasteiger partial charge in [0.05, 0.1) is 36.7 Å².